The SMILES string of the molecule is C.C[N+](CCO)(CCO)CCO. The average molecular weight is 180 g/mol. The van der Waals surface area contributed by atoms with Crippen molar-refractivity contribution in [2.45, 2.75) is 7.43 Å². The van der Waals surface area contributed by atoms with Crippen LogP contribution in [0, 0.1) is 0 Å². The lowest BCUT2D eigenvalue weighted by atomic mass is 10.4. The minimum Gasteiger partial charge on any atom is -0.391 e. The van der Waals surface area contributed by atoms with E-state index < -0.39 is 0 Å². The van der Waals surface area contributed by atoms with Gasteiger partial charge in [0, 0.05) is 0 Å². The van der Waals surface area contributed by atoms with Crippen molar-refractivity contribution in [3.8, 4) is 0 Å². The summed E-state index contributed by atoms with van der Waals surface area (Å²) in [6.07, 6.45) is 0. The van der Waals surface area contributed by atoms with Crippen molar-refractivity contribution in [3.63, 3.8) is 0 Å². The standard InChI is InChI=1S/C7H18NO3.CH4/c1-8(2-5-9,3-6-10)4-7-11;/h9-11H,2-7H2,1H3;1H4/q+1;. The Morgan fingerprint density at radius 1 is 0.833 bits per heavy atom. The van der Waals surface area contributed by atoms with Crippen molar-refractivity contribution in [2.75, 3.05) is 46.5 Å². The van der Waals surface area contributed by atoms with E-state index in [0.717, 1.165) is 0 Å². The summed E-state index contributed by atoms with van der Waals surface area (Å²) in [7, 11) is 1.91. The van der Waals surface area contributed by atoms with Crippen LogP contribution < -0.4 is 0 Å². The van der Waals surface area contributed by atoms with Gasteiger partial charge in [-0.15, -0.1) is 0 Å². The lowest BCUT2D eigenvalue weighted by molar-refractivity contribution is -0.910. The Kier molecular flexibility index (Phi) is 8.97. The normalized spacial score (nSPS) is 11.0. The van der Waals surface area contributed by atoms with Gasteiger partial charge in [-0.1, -0.05) is 7.43 Å². The molecule has 4 heteroatoms. The van der Waals surface area contributed by atoms with E-state index in [2.05, 4.69) is 0 Å². The monoisotopic (exact) mass is 180 g/mol. The van der Waals surface area contributed by atoms with Gasteiger partial charge in [-0.05, 0) is 0 Å². The van der Waals surface area contributed by atoms with E-state index in [1.165, 1.54) is 0 Å². The van der Waals surface area contributed by atoms with E-state index in [4.69, 9.17) is 15.3 Å². The first-order valence-electron chi connectivity index (χ1n) is 3.84. The largest absolute Gasteiger partial charge is 0.391 e. The molecule has 0 aliphatic heterocycles. The molecule has 0 bridgehead atoms. The van der Waals surface area contributed by atoms with Crippen LogP contribution in [-0.2, 0) is 0 Å². The fraction of sp³-hybridized carbons (Fsp3) is 1.00. The number of nitrogens with zero attached hydrogens (tertiary/aromatic N) is 1. The summed E-state index contributed by atoms with van der Waals surface area (Å²) in [6, 6.07) is 0. The fourth-order valence-corrected chi connectivity index (χ4v) is 1.06. The number of likely N-dealkylation sites (N-methyl/N-ethyl adjacent to an activating group) is 1. The highest BCUT2D eigenvalue weighted by atomic mass is 16.3. The lowest BCUT2D eigenvalue weighted by Crippen LogP contribution is -2.49. The molecule has 0 aromatic rings. The van der Waals surface area contributed by atoms with Crippen LogP contribution in [0.5, 0.6) is 0 Å². The van der Waals surface area contributed by atoms with Crippen LogP contribution in [0.3, 0.4) is 0 Å². The molecule has 0 saturated heterocycles. The molecule has 0 saturated carbocycles. The zero-order valence-corrected chi connectivity index (χ0v) is 7.03. The number of aliphatic hydroxyl groups is 3. The molecule has 0 heterocycles. The van der Waals surface area contributed by atoms with Gasteiger partial charge in [-0.2, -0.15) is 0 Å². The molecule has 12 heavy (non-hydrogen) atoms. The van der Waals surface area contributed by atoms with Gasteiger partial charge in [0.15, 0.2) is 0 Å². The summed E-state index contributed by atoms with van der Waals surface area (Å²) in [6.45, 7) is 2.03. The van der Waals surface area contributed by atoms with Crippen LogP contribution in [0.2, 0.25) is 0 Å². The summed E-state index contributed by atoms with van der Waals surface area (Å²) in [4.78, 5) is 0. The molecular weight excluding hydrogens is 158 g/mol. The topological polar surface area (TPSA) is 60.7 Å². The number of rotatable bonds is 6. The molecule has 0 aromatic heterocycles. The maximum Gasteiger partial charge on any atom is 0.102 e. The molecule has 3 N–H and O–H groups in total. The molecule has 76 valence electrons. The second kappa shape index (κ2) is 7.49. The minimum absolute atomic E-state index is 0. The molecule has 0 fully saturated rings. The Hall–Kier alpha value is -0.160. The van der Waals surface area contributed by atoms with Crippen molar-refractivity contribution >= 4 is 0 Å². The number of quaternary nitrogens is 1. The van der Waals surface area contributed by atoms with Crippen LogP contribution in [0.1, 0.15) is 7.43 Å². The van der Waals surface area contributed by atoms with E-state index in [0.29, 0.717) is 24.1 Å². The lowest BCUT2D eigenvalue weighted by Gasteiger charge is -2.32. The third-order valence-corrected chi connectivity index (χ3v) is 1.92. The smallest absolute Gasteiger partial charge is 0.102 e. The van der Waals surface area contributed by atoms with Gasteiger partial charge in [0.2, 0.25) is 0 Å². The second-order valence-corrected chi connectivity index (χ2v) is 2.96. The van der Waals surface area contributed by atoms with Crippen molar-refractivity contribution in [2.24, 2.45) is 0 Å². The average Bonchev–Trinajstić information content (AvgIpc) is 1.88. The summed E-state index contributed by atoms with van der Waals surface area (Å²) < 4.78 is 0.531. The molecule has 0 radical (unpaired) electrons. The maximum atomic E-state index is 8.68. The number of hydrogen-bond acceptors (Lipinski definition) is 3. The van der Waals surface area contributed by atoms with Crippen LogP contribution in [0.25, 0.3) is 0 Å². The third-order valence-electron chi connectivity index (χ3n) is 1.92. The highest BCUT2D eigenvalue weighted by Crippen LogP contribution is 1.99. The number of aliphatic hydroxyl groups excluding tert-OH is 3. The highest BCUT2D eigenvalue weighted by Gasteiger charge is 2.18. The van der Waals surface area contributed by atoms with Crippen LogP contribution in [0.15, 0.2) is 0 Å². The molecule has 0 amide bonds. The van der Waals surface area contributed by atoms with Crippen molar-refractivity contribution in [3.05, 3.63) is 0 Å². The highest BCUT2D eigenvalue weighted by molar-refractivity contribution is 4.37. The molecule has 0 aliphatic carbocycles. The molecule has 0 aromatic carbocycles. The van der Waals surface area contributed by atoms with Gasteiger partial charge in [0.1, 0.15) is 19.6 Å². The fourth-order valence-electron chi connectivity index (χ4n) is 1.06. The quantitative estimate of drug-likeness (QED) is 0.462. The molecule has 0 aliphatic rings. The predicted molar refractivity (Wildman–Crippen MR) is 48.8 cm³/mol. The van der Waals surface area contributed by atoms with Gasteiger partial charge in [0.05, 0.1) is 26.9 Å². The molecule has 0 atom stereocenters. The second-order valence-electron chi connectivity index (χ2n) is 2.96. The first-order chi connectivity index (χ1) is 5.18. The van der Waals surface area contributed by atoms with E-state index in [-0.39, 0.29) is 27.2 Å². The van der Waals surface area contributed by atoms with Crippen LogP contribution >= 0.6 is 0 Å². The molecule has 4 nitrogen and oxygen atoms in total. The van der Waals surface area contributed by atoms with Gasteiger partial charge in [0.25, 0.3) is 0 Å². The van der Waals surface area contributed by atoms with E-state index >= 15 is 0 Å². The summed E-state index contributed by atoms with van der Waals surface area (Å²) in [5, 5.41) is 26.0. The molecular formula is C8H22NO3+. The zero-order chi connectivity index (χ0) is 8.74. The first-order valence-corrected chi connectivity index (χ1v) is 3.84. The van der Waals surface area contributed by atoms with E-state index in [1.807, 2.05) is 7.05 Å². The summed E-state index contributed by atoms with van der Waals surface area (Å²) in [5.74, 6) is 0. The Balaban J connectivity index is 0. The predicted octanol–water partition coefficient (Wildman–Crippen LogP) is -0.954. The Morgan fingerprint density at radius 3 is 1.25 bits per heavy atom. The summed E-state index contributed by atoms with van der Waals surface area (Å²) >= 11 is 0. The van der Waals surface area contributed by atoms with Crippen molar-refractivity contribution in [1.29, 1.82) is 0 Å². The van der Waals surface area contributed by atoms with Gasteiger partial charge in [-0.25, -0.2) is 0 Å². The van der Waals surface area contributed by atoms with Crippen LogP contribution in [-0.4, -0.2) is 66.3 Å². The molecule has 0 spiro atoms. The molecule has 0 unspecified atom stereocenters. The van der Waals surface area contributed by atoms with Gasteiger partial charge >= 0.3 is 0 Å². The van der Waals surface area contributed by atoms with Crippen molar-refractivity contribution < 1.29 is 19.8 Å². The third kappa shape index (κ3) is 5.49. The molecule has 0 rings (SSSR count). The van der Waals surface area contributed by atoms with E-state index in [1.54, 1.807) is 0 Å². The Morgan fingerprint density at radius 2 is 1.08 bits per heavy atom. The Labute approximate surface area is 74.7 Å². The van der Waals surface area contributed by atoms with Gasteiger partial charge in [-0.3, -0.25) is 0 Å². The maximum absolute atomic E-state index is 8.68. The van der Waals surface area contributed by atoms with Crippen LogP contribution in [0.4, 0.5) is 0 Å². The minimum atomic E-state index is 0. The van der Waals surface area contributed by atoms with Gasteiger partial charge < -0.3 is 19.8 Å². The zero-order valence-electron chi connectivity index (χ0n) is 7.03. The first kappa shape index (κ1) is 14.4. The van der Waals surface area contributed by atoms with E-state index in [9.17, 15) is 0 Å². The summed E-state index contributed by atoms with van der Waals surface area (Å²) in [5.41, 5.74) is 0. The van der Waals surface area contributed by atoms with Crippen molar-refractivity contribution in [1.82, 2.24) is 0 Å². The number of hydrogen-bond donors (Lipinski definition) is 3. The Bertz CT molecular complexity index is 81.3.